The first kappa shape index (κ1) is 24.8. The Morgan fingerprint density at radius 3 is 2.26 bits per heavy atom. The highest BCUT2D eigenvalue weighted by Gasteiger charge is 2.30. The van der Waals surface area contributed by atoms with E-state index < -0.39 is 0 Å². The molecule has 0 bridgehead atoms. The highest BCUT2D eigenvalue weighted by molar-refractivity contribution is 8.14. The molecule has 0 aromatic heterocycles. The lowest BCUT2D eigenvalue weighted by atomic mass is 9.97. The summed E-state index contributed by atoms with van der Waals surface area (Å²) in [6, 6.07) is 14.1. The number of rotatable bonds is 7. The molecule has 8 nitrogen and oxygen atoms in total. The predicted octanol–water partition coefficient (Wildman–Crippen LogP) is 4.30. The van der Waals surface area contributed by atoms with Crippen LogP contribution in [0.3, 0.4) is 0 Å². The lowest BCUT2D eigenvalue weighted by molar-refractivity contribution is -0.139. The third-order valence-corrected chi connectivity index (χ3v) is 7.21. The molecule has 2 unspecified atom stereocenters. The SMILES string of the molecule is CC1CCCC(C)N1C(=O)COc1ccc(C(=O)Nc2ccc(CN3C(=O)CSC3=O)cc2)cc1. The molecule has 0 radical (unpaired) electrons. The van der Waals surface area contributed by atoms with Crippen LogP contribution in [0.1, 0.15) is 49.0 Å². The Morgan fingerprint density at radius 2 is 1.66 bits per heavy atom. The summed E-state index contributed by atoms with van der Waals surface area (Å²) >= 11 is 1.01. The van der Waals surface area contributed by atoms with Gasteiger partial charge in [0.05, 0.1) is 12.3 Å². The van der Waals surface area contributed by atoms with Crippen molar-refractivity contribution in [3.8, 4) is 5.75 Å². The molecule has 2 fully saturated rings. The zero-order valence-corrected chi connectivity index (χ0v) is 20.7. The average molecular weight is 496 g/mol. The number of hydrogen-bond acceptors (Lipinski definition) is 6. The Hall–Kier alpha value is -3.33. The maximum Gasteiger partial charge on any atom is 0.289 e. The monoisotopic (exact) mass is 495 g/mol. The minimum atomic E-state index is -0.280. The zero-order valence-electron chi connectivity index (χ0n) is 19.9. The van der Waals surface area contributed by atoms with Gasteiger partial charge in [-0.25, -0.2) is 0 Å². The van der Waals surface area contributed by atoms with Gasteiger partial charge in [-0.2, -0.15) is 0 Å². The topological polar surface area (TPSA) is 96.0 Å². The van der Waals surface area contributed by atoms with E-state index in [4.69, 9.17) is 4.74 Å². The molecule has 184 valence electrons. The minimum absolute atomic E-state index is 0.0211. The number of piperidine rings is 1. The average Bonchev–Trinajstić information content (AvgIpc) is 3.16. The van der Waals surface area contributed by atoms with Crippen LogP contribution in [0.15, 0.2) is 48.5 Å². The molecular weight excluding hydrogens is 466 g/mol. The standard InChI is InChI=1S/C26H29N3O5S/c1-17-4-3-5-18(2)29(17)23(30)15-34-22-12-8-20(9-13-22)25(32)27-21-10-6-19(7-11-21)14-28-24(31)16-35-26(28)33/h6-13,17-18H,3-5,14-16H2,1-2H3,(H,27,32). The Labute approximate surface area is 209 Å². The smallest absolute Gasteiger partial charge is 0.289 e. The molecule has 2 aliphatic rings. The van der Waals surface area contributed by atoms with Crippen molar-refractivity contribution in [2.45, 2.75) is 51.7 Å². The molecule has 2 aliphatic heterocycles. The van der Waals surface area contributed by atoms with E-state index in [2.05, 4.69) is 19.2 Å². The molecule has 2 heterocycles. The van der Waals surface area contributed by atoms with Crippen molar-refractivity contribution in [2.24, 2.45) is 0 Å². The normalized spacial score (nSPS) is 20.2. The van der Waals surface area contributed by atoms with E-state index in [1.165, 1.54) is 4.90 Å². The molecule has 9 heteroatoms. The van der Waals surface area contributed by atoms with Crippen molar-refractivity contribution in [2.75, 3.05) is 17.7 Å². The van der Waals surface area contributed by atoms with Crippen molar-refractivity contribution in [1.82, 2.24) is 9.80 Å². The van der Waals surface area contributed by atoms with E-state index >= 15 is 0 Å². The summed E-state index contributed by atoms with van der Waals surface area (Å²) in [4.78, 5) is 51.9. The first-order valence-corrected chi connectivity index (χ1v) is 12.7. The molecule has 2 atom stereocenters. The van der Waals surface area contributed by atoms with Crippen LogP contribution >= 0.6 is 11.8 Å². The highest BCUT2D eigenvalue weighted by atomic mass is 32.2. The maximum atomic E-state index is 12.6. The van der Waals surface area contributed by atoms with Gasteiger partial charge in [-0.3, -0.25) is 24.1 Å². The van der Waals surface area contributed by atoms with E-state index in [0.717, 1.165) is 36.6 Å². The second kappa shape index (κ2) is 10.9. The number of nitrogens with one attached hydrogen (secondary N) is 1. The van der Waals surface area contributed by atoms with E-state index in [0.29, 0.717) is 17.0 Å². The highest BCUT2D eigenvalue weighted by Crippen LogP contribution is 2.24. The fourth-order valence-corrected chi connectivity index (χ4v) is 5.17. The fourth-order valence-electron chi connectivity index (χ4n) is 4.45. The number of nitrogens with zero attached hydrogens (tertiary/aromatic N) is 2. The first-order valence-electron chi connectivity index (χ1n) is 11.7. The Bertz CT molecular complexity index is 1080. The summed E-state index contributed by atoms with van der Waals surface area (Å²) < 4.78 is 5.68. The van der Waals surface area contributed by atoms with Gasteiger partial charge >= 0.3 is 0 Å². The van der Waals surface area contributed by atoms with E-state index in [1.54, 1.807) is 48.5 Å². The van der Waals surface area contributed by atoms with E-state index in [1.807, 2.05) is 4.90 Å². The van der Waals surface area contributed by atoms with Crippen molar-refractivity contribution >= 4 is 40.4 Å². The Balaban J connectivity index is 1.28. The summed E-state index contributed by atoms with van der Waals surface area (Å²) in [6.45, 7) is 4.34. The van der Waals surface area contributed by atoms with Crippen LogP contribution in [0.4, 0.5) is 10.5 Å². The first-order chi connectivity index (χ1) is 16.8. The number of hydrogen-bond donors (Lipinski definition) is 1. The summed E-state index contributed by atoms with van der Waals surface area (Å²) in [5, 5.41) is 2.59. The van der Waals surface area contributed by atoms with Gasteiger partial charge in [0.2, 0.25) is 5.91 Å². The van der Waals surface area contributed by atoms with Crippen molar-refractivity contribution in [3.63, 3.8) is 0 Å². The van der Waals surface area contributed by atoms with Crippen LogP contribution in [-0.2, 0) is 16.1 Å². The van der Waals surface area contributed by atoms with Crippen LogP contribution in [0.25, 0.3) is 0 Å². The number of thioether (sulfide) groups is 1. The molecular formula is C26H29N3O5S. The van der Waals surface area contributed by atoms with Gasteiger partial charge in [-0.1, -0.05) is 23.9 Å². The third-order valence-electron chi connectivity index (χ3n) is 6.35. The number of ether oxygens (including phenoxy) is 1. The lowest BCUT2D eigenvalue weighted by Gasteiger charge is -2.38. The second-order valence-electron chi connectivity index (χ2n) is 8.93. The number of likely N-dealkylation sites (tertiary alicyclic amines) is 1. The van der Waals surface area contributed by atoms with Gasteiger partial charge in [0.1, 0.15) is 5.75 Å². The lowest BCUT2D eigenvalue weighted by Crippen LogP contribution is -2.49. The van der Waals surface area contributed by atoms with Gasteiger partial charge in [-0.15, -0.1) is 0 Å². The van der Waals surface area contributed by atoms with E-state index in [-0.39, 0.29) is 53.9 Å². The quantitative estimate of drug-likeness (QED) is 0.615. The molecule has 0 aliphatic carbocycles. The van der Waals surface area contributed by atoms with Crippen molar-refractivity contribution < 1.29 is 23.9 Å². The fraction of sp³-hybridized carbons (Fsp3) is 0.385. The predicted molar refractivity (Wildman–Crippen MR) is 134 cm³/mol. The zero-order chi connectivity index (χ0) is 24.9. The number of carbonyl (C=O) groups excluding carboxylic acids is 4. The third kappa shape index (κ3) is 6.03. The summed E-state index contributed by atoms with van der Waals surface area (Å²) in [7, 11) is 0. The van der Waals surface area contributed by atoms with Crippen molar-refractivity contribution in [3.05, 3.63) is 59.7 Å². The number of imide groups is 1. The van der Waals surface area contributed by atoms with Crippen LogP contribution in [0, 0.1) is 0 Å². The minimum Gasteiger partial charge on any atom is -0.484 e. The molecule has 2 saturated heterocycles. The Morgan fingerprint density at radius 1 is 1.00 bits per heavy atom. The Kier molecular flexibility index (Phi) is 7.75. The molecule has 35 heavy (non-hydrogen) atoms. The molecule has 0 spiro atoms. The van der Waals surface area contributed by atoms with Gasteiger partial charge in [0.25, 0.3) is 17.1 Å². The summed E-state index contributed by atoms with van der Waals surface area (Å²) in [5.41, 5.74) is 1.86. The van der Waals surface area contributed by atoms with Crippen LogP contribution in [0.2, 0.25) is 0 Å². The van der Waals surface area contributed by atoms with Gasteiger partial charge in [0, 0.05) is 23.3 Å². The van der Waals surface area contributed by atoms with Crippen molar-refractivity contribution in [1.29, 1.82) is 0 Å². The number of benzene rings is 2. The molecule has 4 rings (SSSR count). The largest absolute Gasteiger partial charge is 0.484 e. The molecule has 4 amide bonds. The molecule has 1 N–H and O–H groups in total. The molecule has 0 saturated carbocycles. The molecule has 2 aromatic rings. The van der Waals surface area contributed by atoms with Gasteiger partial charge < -0.3 is 15.0 Å². The number of carbonyl (C=O) groups is 4. The number of amides is 4. The molecule has 2 aromatic carbocycles. The van der Waals surface area contributed by atoms with Crippen LogP contribution < -0.4 is 10.1 Å². The van der Waals surface area contributed by atoms with Crippen LogP contribution in [-0.4, -0.2) is 57.2 Å². The summed E-state index contributed by atoms with van der Waals surface area (Å²) in [5.74, 6) is 0.222. The van der Waals surface area contributed by atoms with E-state index in [9.17, 15) is 19.2 Å². The van der Waals surface area contributed by atoms with Gasteiger partial charge in [0.15, 0.2) is 6.61 Å². The second-order valence-corrected chi connectivity index (χ2v) is 9.86. The maximum absolute atomic E-state index is 12.6. The summed E-state index contributed by atoms with van der Waals surface area (Å²) in [6.07, 6.45) is 3.17. The van der Waals surface area contributed by atoms with Crippen LogP contribution in [0.5, 0.6) is 5.75 Å². The number of anilines is 1. The van der Waals surface area contributed by atoms with Gasteiger partial charge in [-0.05, 0) is 75.1 Å².